The van der Waals surface area contributed by atoms with Crippen LogP contribution < -0.4 is 20.3 Å². The average Bonchev–Trinajstić information content (AvgIpc) is 3.58. The summed E-state index contributed by atoms with van der Waals surface area (Å²) in [5.41, 5.74) is 2.11. The van der Waals surface area contributed by atoms with Gasteiger partial charge in [0.1, 0.15) is 29.9 Å². The van der Waals surface area contributed by atoms with E-state index >= 15 is 0 Å². The van der Waals surface area contributed by atoms with Gasteiger partial charge in [0, 0.05) is 25.1 Å². The number of aromatic nitrogens is 1. The van der Waals surface area contributed by atoms with Crippen LogP contribution in [0, 0.1) is 10.1 Å². The fourth-order valence-electron chi connectivity index (χ4n) is 4.68. The van der Waals surface area contributed by atoms with Crippen molar-refractivity contribution in [3.05, 3.63) is 101 Å². The third-order valence-corrected chi connectivity index (χ3v) is 6.71. The third-order valence-electron chi connectivity index (χ3n) is 6.39. The second-order valence-corrected chi connectivity index (χ2v) is 9.23. The van der Waals surface area contributed by atoms with Gasteiger partial charge in [0.25, 0.3) is 5.69 Å². The van der Waals surface area contributed by atoms with E-state index in [1.807, 2.05) is 29.2 Å². The number of ether oxygens (including phenoxy) is 2. The lowest BCUT2D eigenvalue weighted by atomic mass is 10.0. The molecule has 2 atom stereocenters. The van der Waals surface area contributed by atoms with Gasteiger partial charge in [0.05, 0.1) is 35.0 Å². The molecule has 1 amide bonds. The molecular formula is C28H25N5O6S. The average molecular weight is 560 g/mol. The Hall–Kier alpha value is -4.81. The Labute approximate surface area is 234 Å². The second-order valence-electron chi connectivity index (χ2n) is 8.84. The molecule has 1 saturated heterocycles. The van der Waals surface area contributed by atoms with E-state index in [1.54, 1.807) is 48.7 Å². The number of amides is 1. The molecule has 12 heteroatoms. The molecule has 1 aliphatic heterocycles. The lowest BCUT2D eigenvalue weighted by Crippen LogP contribution is -2.29. The number of nitro benzene ring substituents is 1. The first-order valence-electron chi connectivity index (χ1n) is 12.2. The van der Waals surface area contributed by atoms with E-state index in [4.69, 9.17) is 26.1 Å². The highest BCUT2D eigenvalue weighted by Gasteiger charge is 2.43. The van der Waals surface area contributed by atoms with Crippen molar-refractivity contribution >= 4 is 40.3 Å². The summed E-state index contributed by atoms with van der Waals surface area (Å²) < 4.78 is 16.7. The molecule has 0 saturated carbocycles. The molecule has 0 radical (unpaired) electrons. The van der Waals surface area contributed by atoms with Crippen LogP contribution in [0.15, 0.2) is 83.4 Å². The molecule has 1 aliphatic rings. The number of carbonyl (C=O) groups is 1. The second kappa shape index (κ2) is 11.5. The summed E-state index contributed by atoms with van der Waals surface area (Å²) in [4.78, 5) is 29.9. The maximum atomic E-state index is 12.3. The van der Waals surface area contributed by atoms with E-state index in [0.29, 0.717) is 39.3 Å². The number of benzene rings is 2. The molecule has 0 unspecified atom stereocenters. The van der Waals surface area contributed by atoms with Gasteiger partial charge in [-0.25, -0.2) is 0 Å². The van der Waals surface area contributed by atoms with Crippen molar-refractivity contribution in [3.8, 4) is 17.1 Å². The van der Waals surface area contributed by atoms with Gasteiger partial charge in [0.15, 0.2) is 5.11 Å². The van der Waals surface area contributed by atoms with E-state index in [-0.39, 0.29) is 18.2 Å². The molecule has 3 heterocycles. The van der Waals surface area contributed by atoms with Crippen LogP contribution in [0.25, 0.3) is 11.3 Å². The van der Waals surface area contributed by atoms with Crippen molar-refractivity contribution in [2.75, 3.05) is 31.0 Å². The zero-order valence-corrected chi connectivity index (χ0v) is 22.4. The quantitative estimate of drug-likeness (QED) is 0.164. The number of pyridine rings is 1. The van der Waals surface area contributed by atoms with Crippen LogP contribution in [0.4, 0.5) is 17.1 Å². The summed E-state index contributed by atoms with van der Waals surface area (Å²) in [5.74, 6) is 0.975. The number of hydrogen-bond acceptors (Lipinski definition) is 8. The van der Waals surface area contributed by atoms with Crippen LogP contribution in [-0.4, -0.2) is 41.8 Å². The summed E-state index contributed by atoms with van der Waals surface area (Å²) in [6.45, 7) is -0.123. The zero-order chi connectivity index (χ0) is 28.2. The highest BCUT2D eigenvalue weighted by atomic mass is 32.1. The fourth-order valence-corrected chi connectivity index (χ4v) is 5.03. The van der Waals surface area contributed by atoms with Crippen LogP contribution in [0.1, 0.15) is 23.5 Å². The van der Waals surface area contributed by atoms with Gasteiger partial charge in [-0.05, 0) is 60.7 Å². The summed E-state index contributed by atoms with van der Waals surface area (Å²) >= 11 is 5.78. The number of anilines is 2. The first-order valence-corrected chi connectivity index (χ1v) is 12.6. The Morgan fingerprint density at radius 3 is 2.67 bits per heavy atom. The number of methoxy groups -OCH3 is 2. The molecule has 0 aliphatic carbocycles. The summed E-state index contributed by atoms with van der Waals surface area (Å²) in [6, 6.07) is 19.8. The predicted octanol–water partition coefficient (Wildman–Crippen LogP) is 5.02. The summed E-state index contributed by atoms with van der Waals surface area (Å²) in [7, 11) is 2.95. The number of hydrogen-bond donors (Lipinski definition) is 2. The van der Waals surface area contributed by atoms with Crippen molar-refractivity contribution in [1.29, 1.82) is 0 Å². The van der Waals surface area contributed by atoms with Gasteiger partial charge in [0.2, 0.25) is 5.91 Å². The van der Waals surface area contributed by atoms with Crippen LogP contribution in [0.3, 0.4) is 0 Å². The largest absolute Gasteiger partial charge is 0.495 e. The number of nitro groups is 1. The van der Waals surface area contributed by atoms with Gasteiger partial charge < -0.3 is 29.4 Å². The minimum atomic E-state index is -0.519. The van der Waals surface area contributed by atoms with E-state index in [0.717, 1.165) is 5.69 Å². The van der Waals surface area contributed by atoms with Gasteiger partial charge in [-0.3, -0.25) is 19.9 Å². The zero-order valence-electron chi connectivity index (χ0n) is 21.6. The number of para-hydroxylation sites is 1. The molecule has 2 N–H and O–H groups in total. The number of furan rings is 1. The summed E-state index contributed by atoms with van der Waals surface area (Å²) in [6.07, 6.45) is 1.69. The third kappa shape index (κ3) is 5.22. The van der Waals surface area contributed by atoms with E-state index in [2.05, 4.69) is 15.6 Å². The van der Waals surface area contributed by atoms with E-state index < -0.39 is 17.0 Å². The molecule has 2 aromatic carbocycles. The highest BCUT2D eigenvalue weighted by molar-refractivity contribution is 7.80. The first kappa shape index (κ1) is 26.8. The van der Waals surface area contributed by atoms with Gasteiger partial charge in [-0.15, -0.1) is 0 Å². The van der Waals surface area contributed by atoms with Crippen LogP contribution in [0.2, 0.25) is 0 Å². The Morgan fingerprint density at radius 1 is 1.15 bits per heavy atom. The highest BCUT2D eigenvalue weighted by Crippen LogP contribution is 2.44. The monoisotopic (exact) mass is 559 g/mol. The molecule has 4 aromatic rings. The molecule has 2 aromatic heterocycles. The van der Waals surface area contributed by atoms with E-state index in [1.165, 1.54) is 20.3 Å². The number of carbonyl (C=O) groups excluding carboxylic acids is 1. The standard InChI is InChI=1S/C28H25N5O6S/c1-37-16-25(34)30-20-15-17(10-11-23(20)38-2)32-27(26(31-28(32)40)19-8-5-6-14-29-19)24-13-12-22(39-24)18-7-3-4-9-21(18)33(35)36/h3-15,26-27H,16H2,1-2H3,(H,30,34)(H,31,40)/t26-,27-/m0/s1. The van der Waals surface area contributed by atoms with Crippen molar-refractivity contribution < 1.29 is 23.6 Å². The van der Waals surface area contributed by atoms with E-state index in [9.17, 15) is 14.9 Å². The lowest BCUT2D eigenvalue weighted by molar-refractivity contribution is -0.384. The first-order chi connectivity index (χ1) is 19.4. The molecule has 40 heavy (non-hydrogen) atoms. The van der Waals surface area contributed by atoms with Gasteiger partial charge in [-0.1, -0.05) is 18.2 Å². The Kier molecular flexibility index (Phi) is 7.71. The van der Waals surface area contributed by atoms with Crippen molar-refractivity contribution in [1.82, 2.24) is 10.3 Å². The fraction of sp³-hybridized carbons (Fsp3) is 0.179. The number of rotatable bonds is 9. The maximum Gasteiger partial charge on any atom is 0.280 e. The molecule has 1 fully saturated rings. The smallest absolute Gasteiger partial charge is 0.280 e. The molecule has 204 valence electrons. The number of thiocarbonyl (C=S) groups is 1. The molecular weight excluding hydrogens is 534 g/mol. The maximum absolute atomic E-state index is 12.3. The number of nitrogens with zero attached hydrogens (tertiary/aromatic N) is 3. The minimum Gasteiger partial charge on any atom is -0.495 e. The van der Waals surface area contributed by atoms with Crippen molar-refractivity contribution in [2.24, 2.45) is 0 Å². The van der Waals surface area contributed by atoms with Crippen LogP contribution >= 0.6 is 12.2 Å². The molecule has 11 nitrogen and oxygen atoms in total. The van der Waals surface area contributed by atoms with Crippen molar-refractivity contribution in [3.63, 3.8) is 0 Å². The van der Waals surface area contributed by atoms with Crippen LogP contribution in [-0.2, 0) is 9.53 Å². The minimum absolute atomic E-state index is 0.0619. The lowest BCUT2D eigenvalue weighted by Gasteiger charge is -2.27. The molecule has 0 spiro atoms. The molecule has 0 bridgehead atoms. The Bertz CT molecular complexity index is 1560. The topological polar surface area (TPSA) is 132 Å². The normalized spacial score (nSPS) is 16.4. The van der Waals surface area contributed by atoms with Crippen molar-refractivity contribution in [2.45, 2.75) is 12.1 Å². The van der Waals surface area contributed by atoms with Gasteiger partial charge in [-0.2, -0.15) is 0 Å². The Morgan fingerprint density at radius 2 is 1.95 bits per heavy atom. The number of nitrogens with one attached hydrogen (secondary N) is 2. The van der Waals surface area contributed by atoms with Crippen LogP contribution in [0.5, 0.6) is 5.75 Å². The molecule has 5 rings (SSSR count). The SMILES string of the molecule is COCC(=O)Nc1cc(N2C(=S)N[C@@H](c3ccccn3)[C@@H]2c2ccc(-c3ccccc3[N+](=O)[O-])o2)ccc1OC. The van der Waals surface area contributed by atoms with Gasteiger partial charge >= 0.3 is 0 Å². The predicted molar refractivity (Wildman–Crippen MR) is 152 cm³/mol. The summed E-state index contributed by atoms with van der Waals surface area (Å²) in [5, 5.41) is 18.2. The Balaban J connectivity index is 1.60.